The molecule has 0 aliphatic carbocycles. The summed E-state index contributed by atoms with van der Waals surface area (Å²) >= 11 is 0. The fraction of sp³-hybridized carbons (Fsp3) is 0.611. The highest BCUT2D eigenvalue weighted by Crippen LogP contribution is 2.41. The number of piperidine rings is 1. The molecule has 24 heavy (non-hydrogen) atoms. The van der Waals surface area contributed by atoms with Crippen molar-refractivity contribution in [3.8, 4) is 5.75 Å². The Labute approximate surface area is 140 Å². The van der Waals surface area contributed by atoms with E-state index in [2.05, 4.69) is 0 Å². The van der Waals surface area contributed by atoms with Crippen molar-refractivity contribution in [2.75, 3.05) is 13.1 Å². The highest BCUT2D eigenvalue weighted by atomic mass is 19.4. The fourth-order valence-electron chi connectivity index (χ4n) is 3.07. The second kappa shape index (κ2) is 7.45. The predicted octanol–water partition coefficient (Wildman–Crippen LogP) is 4.61. The standard InChI is InChI=1S/C18H24F3NO2/c1-4-12(2)17-15(18(19,20)21)6-5-7-16(17)24-14-8-10-22(11-9-14)13(3)23/h5-7,12,14H,4,8-11H2,1-3H3. The number of alkyl halides is 3. The highest BCUT2D eigenvalue weighted by Gasteiger charge is 2.36. The lowest BCUT2D eigenvalue weighted by atomic mass is 9.92. The van der Waals surface area contributed by atoms with Gasteiger partial charge in [0.15, 0.2) is 0 Å². The van der Waals surface area contributed by atoms with Crippen molar-refractivity contribution in [1.29, 1.82) is 0 Å². The van der Waals surface area contributed by atoms with Crippen LogP contribution in [0.25, 0.3) is 0 Å². The predicted molar refractivity (Wildman–Crippen MR) is 86.1 cm³/mol. The molecule has 1 saturated heterocycles. The van der Waals surface area contributed by atoms with Gasteiger partial charge in [0.05, 0.1) is 5.56 Å². The molecule has 0 N–H and O–H groups in total. The second-order valence-corrected chi connectivity index (χ2v) is 6.35. The summed E-state index contributed by atoms with van der Waals surface area (Å²) in [5.41, 5.74) is -0.378. The van der Waals surface area contributed by atoms with E-state index in [-0.39, 0.29) is 23.5 Å². The minimum Gasteiger partial charge on any atom is -0.490 e. The largest absolute Gasteiger partial charge is 0.490 e. The molecule has 0 spiro atoms. The third kappa shape index (κ3) is 4.22. The molecule has 0 saturated carbocycles. The first-order chi connectivity index (χ1) is 11.2. The van der Waals surface area contributed by atoms with Crippen LogP contribution in [0.5, 0.6) is 5.75 Å². The molecule has 3 nitrogen and oxygen atoms in total. The summed E-state index contributed by atoms with van der Waals surface area (Å²) in [6.07, 6.45) is -2.68. The summed E-state index contributed by atoms with van der Waals surface area (Å²) in [6, 6.07) is 4.13. The topological polar surface area (TPSA) is 29.5 Å². The Balaban J connectivity index is 2.23. The monoisotopic (exact) mass is 343 g/mol. The normalized spacial score (nSPS) is 17.7. The van der Waals surface area contributed by atoms with Gasteiger partial charge in [0.25, 0.3) is 0 Å². The SMILES string of the molecule is CCC(C)c1c(OC2CCN(C(C)=O)CC2)cccc1C(F)(F)F. The first kappa shape index (κ1) is 18.6. The Morgan fingerprint density at radius 3 is 2.46 bits per heavy atom. The number of benzene rings is 1. The number of nitrogens with zero attached hydrogens (tertiary/aromatic N) is 1. The van der Waals surface area contributed by atoms with Crippen LogP contribution in [0.4, 0.5) is 13.2 Å². The number of rotatable bonds is 4. The van der Waals surface area contributed by atoms with Crippen LogP contribution in [0.1, 0.15) is 57.1 Å². The molecule has 2 rings (SSSR count). The van der Waals surface area contributed by atoms with Crippen molar-refractivity contribution in [1.82, 2.24) is 4.90 Å². The van der Waals surface area contributed by atoms with Gasteiger partial charge in [-0.2, -0.15) is 13.2 Å². The Morgan fingerprint density at radius 1 is 1.33 bits per heavy atom. The summed E-state index contributed by atoms with van der Waals surface area (Å²) in [5, 5.41) is 0. The van der Waals surface area contributed by atoms with E-state index in [0.717, 1.165) is 6.07 Å². The average Bonchev–Trinajstić information content (AvgIpc) is 2.53. The van der Waals surface area contributed by atoms with Crippen LogP contribution in [-0.2, 0) is 11.0 Å². The van der Waals surface area contributed by atoms with Gasteiger partial charge < -0.3 is 9.64 Å². The molecule has 0 radical (unpaired) electrons. The molecule has 1 aliphatic rings. The van der Waals surface area contributed by atoms with Gasteiger partial charge in [0.1, 0.15) is 11.9 Å². The lowest BCUT2D eigenvalue weighted by molar-refractivity contribution is -0.138. The molecule has 134 valence electrons. The number of ether oxygens (including phenoxy) is 1. The van der Waals surface area contributed by atoms with Gasteiger partial charge in [-0.15, -0.1) is 0 Å². The van der Waals surface area contributed by atoms with Crippen molar-refractivity contribution in [3.05, 3.63) is 29.3 Å². The minimum absolute atomic E-state index is 0.0211. The maximum atomic E-state index is 13.3. The number of halogens is 3. The first-order valence-corrected chi connectivity index (χ1v) is 8.36. The average molecular weight is 343 g/mol. The number of carbonyl (C=O) groups excluding carboxylic acids is 1. The van der Waals surface area contributed by atoms with Gasteiger partial charge in [-0.1, -0.05) is 19.9 Å². The molecule has 0 bridgehead atoms. The first-order valence-electron chi connectivity index (χ1n) is 8.36. The molecule has 1 aromatic rings. The van der Waals surface area contributed by atoms with Gasteiger partial charge in [-0.25, -0.2) is 0 Å². The van der Waals surface area contributed by atoms with Crippen molar-refractivity contribution < 1.29 is 22.7 Å². The summed E-state index contributed by atoms with van der Waals surface area (Å²) in [5.74, 6) is 0.100. The third-order valence-corrected chi connectivity index (χ3v) is 4.66. The highest BCUT2D eigenvalue weighted by molar-refractivity contribution is 5.73. The number of likely N-dealkylation sites (tertiary alicyclic amines) is 1. The van der Waals surface area contributed by atoms with Crippen LogP contribution in [0.2, 0.25) is 0 Å². The van der Waals surface area contributed by atoms with E-state index in [9.17, 15) is 18.0 Å². The Morgan fingerprint density at radius 2 is 1.96 bits per heavy atom. The number of amides is 1. The van der Waals surface area contributed by atoms with E-state index in [1.165, 1.54) is 13.0 Å². The second-order valence-electron chi connectivity index (χ2n) is 6.35. The van der Waals surface area contributed by atoms with Gasteiger partial charge in [-0.3, -0.25) is 4.79 Å². The zero-order valence-corrected chi connectivity index (χ0v) is 14.3. The zero-order valence-electron chi connectivity index (χ0n) is 14.3. The maximum Gasteiger partial charge on any atom is 0.416 e. The van der Waals surface area contributed by atoms with Crippen LogP contribution < -0.4 is 4.74 Å². The quantitative estimate of drug-likeness (QED) is 0.799. The fourth-order valence-corrected chi connectivity index (χ4v) is 3.07. The smallest absolute Gasteiger partial charge is 0.416 e. The Kier molecular flexibility index (Phi) is 5.78. The summed E-state index contributed by atoms with van der Waals surface area (Å²) < 4.78 is 46.0. The minimum atomic E-state index is -4.39. The van der Waals surface area contributed by atoms with E-state index < -0.39 is 11.7 Å². The van der Waals surface area contributed by atoms with Gasteiger partial charge in [-0.05, 0) is 24.5 Å². The van der Waals surface area contributed by atoms with Crippen molar-refractivity contribution in [2.24, 2.45) is 0 Å². The van der Waals surface area contributed by atoms with Crippen molar-refractivity contribution >= 4 is 5.91 Å². The summed E-state index contributed by atoms with van der Waals surface area (Å²) in [7, 11) is 0. The molecule has 1 amide bonds. The maximum absolute atomic E-state index is 13.3. The zero-order chi connectivity index (χ0) is 17.9. The third-order valence-electron chi connectivity index (χ3n) is 4.66. The van der Waals surface area contributed by atoms with Crippen LogP contribution >= 0.6 is 0 Å². The number of hydrogen-bond acceptors (Lipinski definition) is 2. The van der Waals surface area contributed by atoms with E-state index in [0.29, 0.717) is 38.1 Å². The molecule has 1 aliphatic heterocycles. The molecular formula is C18H24F3NO2. The molecule has 1 unspecified atom stereocenters. The molecule has 1 atom stereocenters. The molecule has 0 aromatic heterocycles. The van der Waals surface area contributed by atoms with Crippen LogP contribution in [-0.4, -0.2) is 30.0 Å². The number of carbonyl (C=O) groups is 1. The van der Waals surface area contributed by atoms with Crippen LogP contribution in [0.3, 0.4) is 0 Å². The molecule has 1 aromatic carbocycles. The van der Waals surface area contributed by atoms with E-state index >= 15 is 0 Å². The van der Waals surface area contributed by atoms with Gasteiger partial charge in [0, 0.05) is 38.4 Å². The van der Waals surface area contributed by atoms with Crippen LogP contribution in [0.15, 0.2) is 18.2 Å². The van der Waals surface area contributed by atoms with Gasteiger partial charge >= 0.3 is 6.18 Å². The Bertz CT molecular complexity index is 578. The lowest BCUT2D eigenvalue weighted by Gasteiger charge is -2.32. The van der Waals surface area contributed by atoms with Crippen LogP contribution in [0, 0.1) is 0 Å². The van der Waals surface area contributed by atoms with Crippen molar-refractivity contribution in [2.45, 2.75) is 58.2 Å². The van der Waals surface area contributed by atoms with E-state index in [4.69, 9.17) is 4.74 Å². The summed E-state index contributed by atoms with van der Waals surface area (Å²) in [4.78, 5) is 13.1. The Hall–Kier alpha value is -1.72. The molecular weight excluding hydrogens is 319 g/mol. The van der Waals surface area contributed by atoms with Gasteiger partial charge in [0.2, 0.25) is 5.91 Å². The lowest BCUT2D eigenvalue weighted by Crippen LogP contribution is -2.40. The van der Waals surface area contributed by atoms with E-state index in [1.807, 2.05) is 6.92 Å². The summed E-state index contributed by atoms with van der Waals surface area (Å²) in [6.45, 7) is 6.34. The van der Waals surface area contributed by atoms with Crippen molar-refractivity contribution in [3.63, 3.8) is 0 Å². The number of hydrogen-bond donors (Lipinski definition) is 0. The molecule has 6 heteroatoms. The van der Waals surface area contributed by atoms with E-state index in [1.54, 1.807) is 17.9 Å². The molecule has 1 heterocycles. The molecule has 1 fully saturated rings.